The van der Waals surface area contributed by atoms with Crippen molar-refractivity contribution in [2.24, 2.45) is 5.92 Å². The number of ketones is 1. The summed E-state index contributed by atoms with van der Waals surface area (Å²) in [7, 11) is 1.60. The van der Waals surface area contributed by atoms with Gasteiger partial charge < -0.3 is 4.74 Å². The lowest BCUT2D eigenvalue weighted by Crippen LogP contribution is -2.29. The fourth-order valence-electron chi connectivity index (χ4n) is 1.10. The van der Waals surface area contributed by atoms with Gasteiger partial charge in [0, 0.05) is 13.5 Å². The second-order valence-corrected chi connectivity index (χ2v) is 2.86. The molecule has 2 nitrogen and oxygen atoms in total. The Morgan fingerprint density at radius 1 is 1.45 bits per heavy atom. The zero-order valence-corrected chi connectivity index (χ0v) is 7.89. The van der Waals surface area contributed by atoms with Gasteiger partial charge in [0.05, 0.1) is 0 Å². The van der Waals surface area contributed by atoms with E-state index in [1.807, 2.05) is 13.8 Å². The molecule has 11 heavy (non-hydrogen) atoms. The van der Waals surface area contributed by atoms with Crippen molar-refractivity contribution in [3.8, 4) is 0 Å². The first kappa shape index (κ1) is 10.6. The standard InChI is InChI=1S/C9H18O2/c1-5-7(3)9(11-4)8(10)6-2/h7,9H,5-6H2,1-4H3. The Bertz CT molecular complexity index is 121. The third-order valence-electron chi connectivity index (χ3n) is 2.08. The minimum atomic E-state index is -0.190. The molecule has 0 aliphatic rings. The lowest BCUT2D eigenvalue weighted by atomic mass is 9.97. The first-order valence-corrected chi connectivity index (χ1v) is 4.22. The zero-order chi connectivity index (χ0) is 8.85. The summed E-state index contributed by atoms with van der Waals surface area (Å²) in [6.45, 7) is 5.98. The van der Waals surface area contributed by atoms with Crippen LogP contribution in [0.5, 0.6) is 0 Å². The highest BCUT2D eigenvalue weighted by Crippen LogP contribution is 2.12. The third kappa shape index (κ3) is 3.02. The predicted molar refractivity (Wildman–Crippen MR) is 45.6 cm³/mol. The summed E-state index contributed by atoms with van der Waals surface area (Å²) < 4.78 is 5.11. The van der Waals surface area contributed by atoms with E-state index in [1.54, 1.807) is 7.11 Å². The van der Waals surface area contributed by atoms with Gasteiger partial charge in [-0.1, -0.05) is 27.2 Å². The second-order valence-electron chi connectivity index (χ2n) is 2.86. The molecule has 0 aromatic carbocycles. The molecule has 0 N–H and O–H groups in total. The number of Topliss-reactive ketones (excluding diaryl/α,β-unsaturated/α-hetero) is 1. The molecule has 0 bridgehead atoms. The molecule has 0 spiro atoms. The number of rotatable bonds is 5. The summed E-state index contributed by atoms with van der Waals surface area (Å²) in [5, 5.41) is 0. The Balaban J connectivity index is 4.03. The van der Waals surface area contributed by atoms with Crippen LogP contribution < -0.4 is 0 Å². The van der Waals surface area contributed by atoms with Crippen LogP contribution in [0.2, 0.25) is 0 Å². The maximum atomic E-state index is 11.2. The quantitative estimate of drug-likeness (QED) is 0.612. The van der Waals surface area contributed by atoms with Crippen LogP contribution in [0, 0.1) is 5.92 Å². The highest BCUT2D eigenvalue weighted by Gasteiger charge is 2.21. The summed E-state index contributed by atoms with van der Waals surface area (Å²) in [5.74, 6) is 0.550. The molecule has 0 aliphatic carbocycles. The first-order valence-electron chi connectivity index (χ1n) is 4.22. The lowest BCUT2D eigenvalue weighted by molar-refractivity contribution is -0.131. The topological polar surface area (TPSA) is 26.3 Å². The molecule has 0 amide bonds. The molecule has 0 saturated heterocycles. The Morgan fingerprint density at radius 3 is 2.27 bits per heavy atom. The average molecular weight is 158 g/mol. The van der Waals surface area contributed by atoms with Gasteiger partial charge in [-0.3, -0.25) is 4.79 Å². The zero-order valence-electron chi connectivity index (χ0n) is 7.89. The van der Waals surface area contributed by atoms with Crippen LogP contribution in [0.1, 0.15) is 33.6 Å². The highest BCUT2D eigenvalue weighted by atomic mass is 16.5. The van der Waals surface area contributed by atoms with Crippen LogP contribution in [0.4, 0.5) is 0 Å². The van der Waals surface area contributed by atoms with Crippen LogP contribution in [0.25, 0.3) is 0 Å². The molecule has 0 saturated carbocycles. The molecular formula is C9H18O2. The minimum Gasteiger partial charge on any atom is -0.373 e. The maximum Gasteiger partial charge on any atom is 0.161 e. The van der Waals surface area contributed by atoms with Crippen molar-refractivity contribution in [1.29, 1.82) is 0 Å². The van der Waals surface area contributed by atoms with Gasteiger partial charge in [-0.15, -0.1) is 0 Å². The monoisotopic (exact) mass is 158 g/mol. The van der Waals surface area contributed by atoms with E-state index in [4.69, 9.17) is 4.74 Å². The fourth-order valence-corrected chi connectivity index (χ4v) is 1.10. The van der Waals surface area contributed by atoms with E-state index in [2.05, 4.69) is 6.92 Å². The maximum absolute atomic E-state index is 11.2. The van der Waals surface area contributed by atoms with Crippen LogP contribution >= 0.6 is 0 Å². The summed E-state index contributed by atoms with van der Waals surface area (Å²) >= 11 is 0. The van der Waals surface area contributed by atoms with E-state index >= 15 is 0 Å². The lowest BCUT2D eigenvalue weighted by Gasteiger charge is -2.19. The molecule has 0 radical (unpaired) electrons. The molecule has 2 heteroatoms. The van der Waals surface area contributed by atoms with E-state index in [0.717, 1.165) is 6.42 Å². The van der Waals surface area contributed by atoms with E-state index in [-0.39, 0.29) is 11.9 Å². The SMILES string of the molecule is CCC(=O)C(OC)C(C)CC. The van der Waals surface area contributed by atoms with Crippen LogP contribution in [-0.4, -0.2) is 19.0 Å². The van der Waals surface area contributed by atoms with Crippen molar-refractivity contribution in [1.82, 2.24) is 0 Å². The van der Waals surface area contributed by atoms with E-state index in [0.29, 0.717) is 12.3 Å². The average Bonchev–Trinajstić information content (AvgIpc) is 2.05. The number of hydrogen-bond donors (Lipinski definition) is 0. The third-order valence-corrected chi connectivity index (χ3v) is 2.08. The van der Waals surface area contributed by atoms with E-state index < -0.39 is 0 Å². The van der Waals surface area contributed by atoms with Gasteiger partial charge in [-0.05, 0) is 5.92 Å². The Kier molecular flexibility index (Phi) is 5.12. The van der Waals surface area contributed by atoms with Crippen molar-refractivity contribution in [2.75, 3.05) is 7.11 Å². The molecular weight excluding hydrogens is 140 g/mol. The summed E-state index contributed by atoms with van der Waals surface area (Å²) in [5.41, 5.74) is 0. The van der Waals surface area contributed by atoms with Crippen molar-refractivity contribution < 1.29 is 9.53 Å². The van der Waals surface area contributed by atoms with Crippen LogP contribution in [-0.2, 0) is 9.53 Å². The summed E-state index contributed by atoms with van der Waals surface area (Å²) in [6.07, 6.45) is 1.37. The first-order chi connectivity index (χ1) is 5.17. The minimum absolute atomic E-state index is 0.190. The molecule has 2 atom stereocenters. The smallest absolute Gasteiger partial charge is 0.161 e. The molecule has 0 heterocycles. The van der Waals surface area contributed by atoms with Gasteiger partial charge in [0.1, 0.15) is 6.10 Å². The highest BCUT2D eigenvalue weighted by molar-refractivity contribution is 5.83. The second kappa shape index (κ2) is 5.30. The number of hydrogen-bond acceptors (Lipinski definition) is 2. The molecule has 2 unspecified atom stereocenters. The summed E-state index contributed by atoms with van der Waals surface area (Å²) in [6, 6.07) is 0. The molecule has 0 aliphatic heterocycles. The van der Waals surface area contributed by atoms with Crippen LogP contribution in [0.3, 0.4) is 0 Å². The molecule has 0 rings (SSSR count). The van der Waals surface area contributed by atoms with Gasteiger partial charge in [-0.2, -0.15) is 0 Å². The van der Waals surface area contributed by atoms with Gasteiger partial charge in [-0.25, -0.2) is 0 Å². The van der Waals surface area contributed by atoms with Gasteiger partial charge in [0.25, 0.3) is 0 Å². The number of carbonyl (C=O) groups excluding carboxylic acids is 1. The van der Waals surface area contributed by atoms with Gasteiger partial charge in [0.2, 0.25) is 0 Å². The largest absolute Gasteiger partial charge is 0.373 e. The Hall–Kier alpha value is -0.370. The molecule has 0 fully saturated rings. The van der Waals surface area contributed by atoms with Crippen molar-refractivity contribution in [3.63, 3.8) is 0 Å². The number of carbonyl (C=O) groups is 1. The fraction of sp³-hybridized carbons (Fsp3) is 0.889. The normalized spacial score (nSPS) is 16.0. The molecule has 0 aromatic heterocycles. The van der Waals surface area contributed by atoms with Crippen molar-refractivity contribution >= 4 is 5.78 Å². The van der Waals surface area contributed by atoms with Crippen molar-refractivity contribution in [3.05, 3.63) is 0 Å². The van der Waals surface area contributed by atoms with E-state index in [9.17, 15) is 4.79 Å². The van der Waals surface area contributed by atoms with Crippen molar-refractivity contribution in [2.45, 2.75) is 39.7 Å². The predicted octanol–water partition coefficient (Wildman–Crippen LogP) is 2.03. The number of methoxy groups -OCH3 is 1. The van der Waals surface area contributed by atoms with E-state index in [1.165, 1.54) is 0 Å². The Morgan fingerprint density at radius 2 is 2.00 bits per heavy atom. The summed E-state index contributed by atoms with van der Waals surface area (Å²) in [4.78, 5) is 11.2. The van der Waals surface area contributed by atoms with Crippen LogP contribution in [0.15, 0.2) is 0 Å². The van der Waals surface area contributed by atoms with Gasteiger partial charge >= 0.3 is 0 Å². The Labute approximate surface area is 68.9 Å². The number of ether oxygens (including phenoxy) is 1. The molecule has 66 valence electrons. The van der Waals surface area contributed by atoms with Gasteiger partial charge in [0.15, 0.2) is 5.78 Å². The molecule has 0 aromatic rings.